The molecule has 2 N–H and O–H groups in total. The maximum absolute atomic E-state index is 12.2. The average molecular weight is 196 g/mol. The van der Waals surface area contributed by atoms with Gasteiger partial charge >= 0.3 is 6.18 Å². The summed E-state index contributed by atoms with van der Waals surface area (Å²) in [5, 5.41) is 0. The number of hydrogen-bond donors (Lipinski definition) is 1. The van der Waals surface area contributed by atoms with Crippen LogP contribution in [0.25, 0.3) is 0 Å². The third kappa shape index (κ3) is 1.95. The van der Waals surface area contributed by atoms with Gasteiger partial charge < -0.3 is 5.73 Å². The molecule has 2 nitrogen and oxygen atoms in total. The van der Waals surface area contributed by atoms with Crippen LogP contribution in [0.3, 0.4) is 0 Å². The zero-order chi connectivity index (χ0) is 9.19. The molecule has 68 valence electrons. The number of halogens is 3. The van der Waals surface area contributed by atoms with E-state index in [1.54, 1.807) is 0 Å². The standard InChI is InChI=1S/C6H7F3N2S/c7-6(8,9)4(1-10)5-2-11-3-12-5/h2-4H,1,10H2. The topological polar surface area (TPSA) is 38.9 Å². The van der Waals surface area contributed by atoms with Gasteiger partial charge in [-0.1, -0.05) is 0 Å². The molecule has 1 heterocycles. The normalized spacial score (nSPS) is 14.7. The number of rotatable bonds is 2. The molecule has 0 aliphatic carbocycles. The van der Waals surface area contributed by atoms with Crippen LogP contribution in [0, 0.1) is 0 Å². The summed E-state index contributed by atoms with van der Waals surface area (Å²) in [6.45, 7) is -0.425. The van der Waals surface area contributed by atoms with Crippen LogP contribution in [0.5, 0.6) is 0 Å². The van der Waals surface area contributed by atoms with Gasteiger partial charge in [-0.15, -0.1) is 11.3 Å². The lowest BCUT2D eigenvalue weighted by Crippen LogP contribution is -2.27. The summed E-state index contributed by atoms with van der Waals surface area (Å²) in [6.07, 6.45) is -3.06. The van der Waals surface area contributed by atoms with Crippen molar-refractivity contribution in [1.29, 1.82) is 0 Å². The highest BCUT2D eigenvalue weighted by atomic mass is 32.1. The van der Waals surface area contributed by atoms with Crippen molar-refractivity contribution < 1.29 is 13.2 Å². The number of thiazole rings is 1. The predicted octanol–water partition coefficient (Wildman–Crippen LogP) is 1.75. The van der Waals surface area contributed by atoms with Crippen LogP contribution >= 0.6 is 11.3 Å². The van der Waals surface area contributed by atoms with E-state index < -0.39 is 18.6 Å². The Morgan fingerprint density at radius 1 is 1.58 bits per heavy atom. The molecule has 0 radical (unpaired) electrons. The maximum Gasteiger partial charge on any atom is 0.397 e. The summed E-state index contributed by atoms with van der Waals surface area (Å²) in [5.41, 5.74) is 6.37. The van der Waals surface area contributed by atoms with Gasteiger partial charge in [-0.25, -0.2) is 0 Å². The molecule has 0 aromatic carbocycles. The number of nitrogens with zero attached hydrogens (tertiary/aromatic N) is 1. The fraction of sp³-hybridized carbons (Fsp3) is 0.500. The second kappa shape index (κ2) is 3.40. The van der Waals surface area contributed by atoms with Crippen LogP contribution in [0.2, 0.25) is 0 Å². The lowest BCUT2D eigenvalue weighted by atomic mass is 10.1. The molecule has 0 fully saturated rings. The second-order valence-electron chi connectivity index (χ2n) is 2.23. The highest BCUT2D eigenvalue weighted by Gasteiger charge is 2.40. The first-order valence-electron chi connectivity index (χ1n) is 3.21. The monoisotopic (exact) mass is 196 g/mol. The summed E-state index contributed by atoms with van der Waals surface area (Å²) < 4.78 is 36.5. The van der Waals surface area contributed by atoms with E-state index in [1.165, 1.54) is 11.7 Å². The molecule has 0 amide bonds. The molecule has 0 saturated carbocycles. The Kier molecular flexibility index (Phi) is 2.69. The highest BCUT2D eigenvalue weighted by molar-refractivity contribution is 7.09. The molecule has 0 saturated heterocycles. The van der Waals surface area contributed by atoms with Crippen LogP contribution in [0.15, 0.2) is 11.7 Å². The summed E-state index contributed by atoms with van der Waals surface area (Å²) in [5.74, 6) is -1.56. The van der Waals surface area contributed by atoms with Crippen LogP contribution < -0.4 is 5.73 Å². The first-order valence-corrected chi connectivity index (χ1v) is 4.09. The Morgan fingerprint density at radius 3 is 2.58 bits per heavy atom. The number of alkyl halides is 3. The Bertz CT molecular complexity index is 231. The fourth-order valence-electron chi connectivity index (χ4n) is 0.809. The van der Waals surface area contributed by atoms with Crippen LogP contribution in [-0.4, -0.2) is 17.7 Å². The van der Waals surface area contributed by atoms with Gasteiger partial charge in [0.05, 0.1) is 5.51 Å². The van der Waals surface area contributed by atoms with Crippen molar-refractivity contribution in [1.82, 2.24) is 4.98 Å². The lowest BCUT2D eigenvalue weighted by molar-refractivity contribution is -0.147. The van der Waals surface area contributed by atoms with E-state index in [9.17, 15) is 13.2 Å². The number of aromatic nitrogens is 1. The molecule has 6 heteroatoms. The van der Waals surface area contributed by atoms with E-state index >= 15 is 0 Å². The van der Waals surface area contributed by atoms with Crippen molar-refractivity contribution in [2.45, 2.75) is 12.1 Å². The van der Waals surface area contributed by atoms with Gasteiger partial charge in [-0.05, 0) is 0 Å². The summed E-state index contributed by atoms with van der Waals surface area (Å²) in [7, 11) is 0. The Labute approximate surface area is 71.2 Å². The molecular formula is C6H7F3N2S. The molecule has 12 heavy (non-hydrogen) atoms. The third-order valence-corrected chi connectivity index (χ3v) is 2.31. The molecule has 0 bridgehead atoms. The Hall–Kier alpha value is -0.620. The SMILES string of the molecule is NCC(c1cncs1)C(F)(F)F. The van der Waals surface area contributed by atoms with Crippen LogP contribution in [0.4, 0.5) is 13.2 Å². The van der Waals surface area contributed by atoms with Gasteiger partial charge in [0.1, 0.15) is 5.92 Å². The van der Waals surface area contributed by atoms with Gasteiger partial charge in [-0.2, -0.15) is 13.2 Å². The minimum Gasteiger partial charge on any atom is -0.329 e. The first-order chi connectivity index (χ1) is 5.55. The quantitative estimate of drug-likeness (QED) is 0.782. The van der Waals surface area contributed by atoms with Gasteiger partial charge in [0, 0.05) is 17.6 Å². The molecule has 0 spiro atoms. The van der Waals surface area contributed by atoms with Crippen molar-refractivity contribution in [3.63, 3.8) is 0 Å². The van der Waals surface area contributed by atoms with Gasteiger partial charge in [0.2, 0.25) is 0 Å². The molecule has 1 rings (SSSR count). The number of nitrogens with two attached hydrogens (primary N) is 1. The average Bonchev–Trinajstić information content (AvgIpc) is 2.38. The van der Waals surface area contributed by atoms with E-state index in [-0.39, 0.29) is 4.88 Å². The molecular weight excluding hydrogens is 189 g/mol. The smallest absolute Gasteiger partial charge is 0.329 e. The second-order valence-corrected chi connectivity index (χ2v) is 3.15. The molecule has 1 aromatic rings. The molecule has 0 aliphatic heterocycles. The number of hydrogen-bond acceptors (Lipinski definition) is 3. The lowest BCUT2D eigenvalue weighted by Gasteiger charge is -2.15. The molecule has 1 aromatic heterocycles. The van der Waals surface area contributed by atoms with Crippen LogP contribution in [-0.2, 0) is 0 Å². The molecule has 1 atom stereocenters. The summed E-state index contributed by atoms with van der Waals surface area (Å²) in [6, 6.07) is 0. The van der Waals surface area contributed by atoms with Crippen molar-refractivity contribution in [2.24, 2.45) is 5.73 Å². The maximum atomic E-state index is 12.2. The van der Waals surface area contributed by atoms with Gasteiger partial charge in [0.25, 0.3) is 0 Å². The molecule has 1 unspecified atom stereocenters. The van der Waals surface area contributed by atoms with E-state index in [0.717, 1.165) is 11.3 Å². The van der Waals surface area contributed by atoms with E-state index in [0.29, 0.717) is 0 Å². The van der Waals surface area contributed by atoms with E-state index in [1.807, 2.05) is 0 Å². The van der Waals surface area contributed by atoms with Crippen molar-refractivity contribution in [2.75, 3.05) is 6.54 Å². The first kappa shape index (κ1) is 9.47. The van der Waals surface area contributed by atoms with Crippen LogP contribution in [0.1, 0.15) is 10.8 Å². The summed E-state index contributed by atoms with van der Waals surface area (Å²) >= 11 is 0.971. The van der Waals surface area contributed by atoms with Crippen molar-refractivity contribution >= 4 is 11.3 Å². The van der Waals surface area contributed by atoms with E-state index in [4.69, 9.17) is 5.73 Å². The fourth-order valence-corrected chi connectivity index (χ4v) is 1.57. The zero-order valence-corrected chi connectivity index (χ0v) is 6.82. The third-order valence-electron chi connectivity index (χ3n) is 1.43. The molecule has 0 aliphatic rings. The Morgan fingerprint density at radius 2 is 2.25 bits per heavy atom. The minimum atomic E-state index is -4.26. The predicted molar refractivity (Wildman–Crippen MR) is 40.0 cm³/mol. The van der Waals surface area contributed by atoms with Crippen molar-refractivity contribution in [3.8, 4) is 0 Å². The largest absolute Gasteiger partial charge is 0.397 e. The van der Waals surface area contributed by atoms with Gasteiger partial charge in [-0.3, -0.25) is 4.98 Å². The highest BCUT2D eigenvalue weighted by Crippen LogP contribution is 2.35. The van der Waals surface area contributed by atoms with E-state index in [2.05, 4.69) is 4.98 Å². The van der Waals surface area contributed by atoms with Crippen molar-refractivity contribution in [3.05, 3.63) is 16.6 Å². The minimum absolute atomic E-state index is 0.171. The summed E-state index contributed by atoms with van der Waals surface area (Å²) in [4.78, 5) is 3.74. The van der Waals surface area contributed by atoms with Gasteiger partial charge in [0.15, 0.2) is 0 Å². The Balaban J connectivity index is 2.84. The zero-order valence-electron chi connectivity index (χ0n) is 6.01.